The molecule has 2 saturated heterocycles. The largest absolute Gasteiger partial charge is 0.496 e. The maximum absolute atomic E-state index is 13.9. The van der Waals surface area contributed by atoms with Crippen LogP contribution in [0.25, 0.3) is 21.9 Å². The fraction of sp³-hybridized carbons (Fsp3) is 0.429. The minimum atomic E-state index is -3.67. The molecule has 2 aliphatic heterocycles. The van der Waals surface area contributed by atoms with Crippen LogP contribution in [0.5, 0.6) is 11.5 Å². The molecule has 4 aromatic rings. The van der Waals surface area contributed by atoms with E-state index >= 15 is 0 Å². The van der Waals surface area contributed by atoms with Gasteiger partial charge in [-0.05, 0) is 110 Å². The maximum Gasteiger partial charge on any atom is 0.379 e. The van der Waals surface area contributed by atoms with E-state index in [0.717, 1.165) is 83.8 Å². The molecule has 0 aliphatic carbocycles. The predicted octanol–water partition coefficient (Wildman–Crippen LogP) is 7.73. The fourth-order valence-corrected chi connectivity index (χ4v) is 7.18. The molecule has 2 fully saturated rings. The quantitative estimate of drug-likeness (QED) is 0.149. The van der Waals surface area contributed by atoms with E-state index in [1.807, 2.05) is 24.3 Å². The van der Waals surface area contributed by atoms with E-state index in [-0.39, 0.29) is 12.0 Å². The molecule has 0 saturated carbocycles. The number of hydrogen-bond acceptors (Lipinski definition) is 7. The summed E-state index contributed by atoms with van der Waals surface area (Å²) in [5, 5.41) is 11.3. The first-order valence-corrected chi connectivity index (χ1v) is 18.5. The van der Waals surface area contributed by atoms with Crippen molar-refractivity contribution in [1.29, 1.82) is 0 Å². The second-order valence-electron chi connectivity index (χ2n) is 13.8. The van der Waals surface area contributed by atoms with Gasteiger partial charge in [-0.1, -0.05) is 42.8 Å². The van der Waals surface area contributed by atoms with Gasteiger partial charge in [-0.2, -0.15) is 13.2 Å². The van der Waals surface area contributed by atoms with E-state index in [0.29, 0.717) is 12.0 Å². The number of carbonyl (C=O) groups excluding carboxylic acids is 1. The number of likely N-dealkylation sites (N-methyl/N-ethyl adjacent to an activating group) is 1. The van der Waals surface area contributed by atoms with Crippen molar-refractivity contribution in [1.82, 2.24) is 9.80 Å². The highest BCUT2D eigenvalue weighted by Gasteiger charge is 2.20. The Kier molecular flexibility index (Phi) is 16.1. The molecule has 55 heavy (non-hydrogen) atoms. The number of likely N-dealkylation sites (tertiary alicyclic amines) is 1. The van der Waals surface area contributed by atoms with Gasteiger partial charge in [-0.25, -0.2) is 4.39 Å². The molecule has 1 amide bonds. The summed E-state index contributed by atoms with van der Waals surface area (Å²) in [5.41, 5.74) is 10.8. The molecule has 0 radical (unpaired) electrons. The Labute approximate surface area is 320 Å². The molecule has 0 aromatic heterocycles. The summed E-state index contributed by atoms with van der Waals surface area (Å²) in [4.78, 5) is 29.2. The van der Waals surface area contributed by atoms with Gasteiger partial charge in [0.1, 0.15) is 17.3 Å². The van der Waals surface area contributed by atoms with E-state index < -0.39 is 24.4 Å². The number of rotatable bonds is 11. The van der Waals surface area contributed by atoms with Gasteiger partial charge in [0.25, 0.3) is 5.91 Å². The van der Waals surface area contributed by atoms with Crippen molar-refractivity contribution in [2.24, 2.45) is 5.73 Å². The van der Waals surface area contributed by atoms with E-state index in [9.17, 15) is 27.2 Å². The van der Waals surface area contributed by atoms with Crippen molar-refractivity contribution in [3.8, 4) is 22.6 Å². The van der Waals surface area contributed by atoms with Crippen molar-refractivity contribution in [3.63, 3.8) is 0 Å². The number of carboxylic acid groups (broad SMARTS) is 1. The number of benzene rings is 4. The lowest BCUT2D eigenvalue weighted by Crippen LogP contribution is -2.44. The number of fused-ring (bicyclic) bond motifs is 1. The summed E-state index contributed by atoms with van der Waals surface area (Å²) in [5.74, 6) is -0.434. The molecule has 298 valence electrons. The van der Waals surface area contributed by atoms with Gasteiger partial charge in [-0.3, -0.25) is 9.59 Å². The van der Waals surface area contributed by atoms with Crippen LogP contribution in [-0.2, 0) is 17.6 Å². The van der Waals surface area contributed by atoms with Gasteiger partial charge >= 0.3 is 12.6 Å². The molecule has 9 nitrogen and oxygen atoms in total. The Morgan fingerprint density at radius 2 is 1.44 bits per heavy atom. The number of hydrogen-bond donors (Lipinski definition) is 2. The average molecular weight is 769 g/mol. The smallest absolute Gasteiger partial charge is 0.379 e. The Morgan fingerprint density at radius 3 is 2.00 bits per heavy atom. The first-order valence-electron chi connectivity index (χ1n) is 18.5. The topological polar surface area (TPSA) is 109 Å². The van der Waals surface area contributed by atoms with E-state index in [1.54, 1.807) is 21.1 Å². The van der Waals surface area contributed by atoms with Crippen molar-refractivity contribution in [2.75, 3.05) is 72.0 Å². The SMILES string of the molecule is COc1cc(CCN2CCCCC2)cc(OC)c1-c1cccc2c(CCC(=O)O)cccc12.Cc1cc(N2CCN(C)CC2)cc(F)c1C(N)=O.FC(F)F. The molecule has 0 atom stereocenters. The summed E-state index contributed by atoms with van der Waals surface area (Å²) in [7, 11) is 5.48. The van der Waals surface area contributed by atoms with Crippen LogP contribution in [0.3, 0.4) is 0 Å². The van der Waals surface area contributed by atoms with Crippen LogP contribution in [-0.4, -0.2) is 101 Å². The third-order valence-corrected chi connectivity index (χ3v) is 10.0. The number of carbonyl (C=O) groups is 2. The summed E-state index contributed by atoms with van der Waals surface area (Å²) >= 11 is 0. The highest BCUT2D eigenvalue weighted by molar-refractivity contribution is 6.01. The Bertz CT molecular complexity index is 1840. The summed E-state index contributed by atoms with van der Waals surface area (Å²) in [6.07, 6.45) is 5.50. The van der Waals surface area contributed by atoms with Gasteiger partial charge in [0.15, 0.2) is 0 Å². The molecule has 4 aromatic carbocycles. The molecular formula is C42H52F4N4O5. The van der Waals surface area contributed by atoms with Crippen LogP contribution < -0.4 is 20.1 Å². The standard InChI is InChI=1S/C28H33NO4.C13H18FN3O.CHF3/c1-32-25-18-20(14-17-29-15-4-3-5-16-29)19-26(33-2)28(25)24-11-7-9-22-21(12-13-27(30)31)8-6-10-23(22)24;1-9-7-10(8-11(14)12(9)13(15)18)17-5-3-16(2)4-6-17;2-1(3)4/h6-11,18-19H,3-5,12-17H2,1-2H3,(H,30,31);7-8H,3-6H2,1-2H3,(H2,15,18);1H. The zero-order valence-corrected chi connectivity index (χ0v) is 32.1. The van der Waals surface area contributed by atoms with Crippen molar-refractivity contribution in [2.45, 2.75) is 52.1 Å². The fourth-order valence-electron chi connectivity index (χ4n) is 7.18. The highest BCUT2D eigenvalue weighted by Crippen LogP contribution is 2.43. The third-order valence-electron chi connectivity index (χ3n) is 10.0. The van der Waals surface area contributed by atoms with Crippen LogP contribution in [0.15, 0.2) is 60.7 Å². The van der Waals surface area contributed by atoms with Crippen molar-refractivity contribution in [3.05, 3.63) is 88.7 Å². The zero-order valence-electron chi connectivity index (χ0n) is 32.1. The van der Waals surface area contributed by atoms with Gasteiger partial charge < -0.3 is 35.0 Å². The number of nitrogens with two attached hydrogens (primary N) is 1. The number of amides is 1. The van der Waals surface area contributed by atoms with Gasteiger partial charge in [0.05, 0.1) is 25.3 Å². The number of aliphatic carboxylic acids is 1. The molecule has 0 unspecified atom stereocenters. The number of anilines is 1. The number of primary amides is 1. The van der Waals surface area contributed by atoms with Gasteiger partial charge in [0, 0.05) is 44.8 Å². The van der Waals surface area contributed by atoms with Gasteiger partial charge in [0.2, 0.25) is 0 Å². The molecule has 0 bridgehead atoms. The number of nitrogens with zero attached hydrogens (tertiary/aromatic N) is 3. The lowest BCUT2D eigenvalue weighted by atomic mass is 9.92. The first kappa shape index (κ1) is 42.9. The maximum atomic E-state index is 13.9. The van der Waals surface area contributed by atoms with Crippen LogP contribution in [0.4, 0.5) is 23.2 Å². The lowest BCUT2D eigenvalue weighted by Gasteiger charge is -2.34. The van der Waals surface area contributed by atoms with Crippen molar-refractivity contribution >= 4 is 28.3 Å². The number of piperazine rings is 1. The Balaban J connectivity index is 0.000000256. The number of methoxy groups -OCH3 is 2. The molecule has 3 N–H and O–H groups in total. The Hall–Kier alpha value is -4.88. The molecule has 6 rings (SSSR count). The molecule has 2 heterocycles. The number of piperidine rings is 1. The van der Waals surface area contributed by atoms with Crippen LogP contribution in [0, 0.1) is 12.7 Å². The summed E-state index contributed by atoms with van der Waals surface area (Å²) in [6.45, 7) is 5.11. The number of aryl methyl sites for hydroxylation is 2. The minimum absolute atomic E-state index is 0.00659. The molecule has 13 heteroatoms. The van der Waals surface area contributed by atoms with E-state index in [2.05, 4.69) is 52.1 Å². The van der Waals surface area contributed by atoms with E-state index in [4.69, 9.17) is 20.3 Å². The summed E-state index contributed by atoms with van der Waals surface area (Å²) in [6, 6.07) is 19.7. The van der Waals surface area contributed by atoms with Crippen LogP contribution in [0.2, 0.25) is 0 Å². The molecule has 0 spiro atoms. The normalized spacial score (nSPS) is 14.8. The van der Waals surface area contributed by atoms with Crippen molar-refractivity contribution < 1.29 is 41.7 Å². The number of alkyl halides is 3. The highest BCUT2D eigenvalue weighted by atomic mass is 19.4. The Morgan fingerprint density at radius 1 is 0.836 bits per heavy atom. The molecule has 2 aliphatic rings. The average Bonchev–Trinajstić information content (AvgIpc) is 3.16. The summed E-state index contributed by atoms with van der Waals surface area (Å²) < 4.78 is 54.6. The first-order chi connectivity index (χ1) is 26.3. The second kappa shape index (κ2) is 20.7. The van der Waals surface area contributed by atoms with Gasteiger partial charge in [-0.15, -0.1) is 0 Å². The van der Waals surface area contributed by atoms with E-state index in [1.165, 1.54) is 44.0 Å². The number of carboxylic acids is 1. The number of halogens is 4. The third kappa shape index (κ3) is 12.1. The minimum Gasteiger partial charge on any atom is -0.496 e. The predicted molar refractivity (Wildman–Crippen MR) is 209 cm³/mol. The monoisotopic (exact) mass is 768 g/mol. The number of ether oxygens (including phenoxy) is 2. The van der Waals surface area contributed by atoms with Crippen LogP contribution >= 0.6 is 0 Å². The lowest BCUT2D eigenvalue weighted by molar-refractivity contribution is -0.136. The molecular weight excluding hydrogens is 716 g/mol. The second-order valence-corrected chi connectivity index (χ2v) is 13.8. The van der Waals surface area contributed by atoms with Crippen LogP contribution in [0.1, 0.15) is 52.7 Å². The zero-order chi connectivity index (χ0) is 40.1.